The van der Waals surface area contributed by atoms with E-state index in [1.165, 1.54) is 0 Å². The van der Waals surface area contributed by atoms with Crippen molar-refractivity contribution in [3.05, 3.63) is 24.0 Å². The number of aliphatic hydroxyl groups excluding tert-OH is 1. The Bertz CT molecular complexity index is 170. The van der Waals surface area contributed by atoms with Gasteiger partial charge in [-0.3, -0.25) is 0 Å². The topological polar surface area (TPSA) is 20.2 Å². The summed E-state index contributed by atoms with van der Waals surface area (Å²) < 4.78 is -0.904. The second-order valence-electron chi connectivity index (χ2n) is 1.95. The summed E-state index contributed by atoms with van der Waals surface area (Å²) in [6.45, 7) is 0. The van der Waals surface area contributed by atoms with E-state index in [2.05, 4.69) is 0 Å². The molecule has 0 unspecified atom stereocenters. The molecule has 0 amide bonds. The highest BCUT2D eigenvalue weighted by Gasteiger charge is 2.23. The molecular weight excluding hydrogens is 159 g/mol. The van der Waals surface area contributed by atoms with E-state index >= 15 is 0 Å². The standard InChI is InChI=1S/C6H6Cl2O/c7-6(8)3-1-2-5(9)4-6/h1-3,9H,4H2. The minimum atomic E-state index is -0.904. The van der Waals surface area contributed by atoms with Crippen LogP contribution in [0.2, 0.25) is 0 Å². The highest BCUT2D eigenvalue weighted by atomic mass is 35.5. The van der Waals surface area contributed by atoms with Crippen LogP contribution in [0.25, 0.3) is 0 Å². The summed E-state index contributed by atoms with van der Waals surface area (Å²) >= 11 is 11.3. The van der Waals surface area contributed by atoms with Crippen molar-refractivity contribution >= 4 is 23.2 Å². The maximum absolute atomic E-state index is 8.89. The molecule has 50 valence electrons. The average Bonchev–Trinajstić information content (AvgIpc) is 1.60. The lowest BCUT2D eigenvalue weighted by Crippen LogP contribution is -2.11. The second-order valence-corrected chi connectivity index (χ2v) is 3.50. The lowest BCUT2D eigenvalue weighted by atomic mass is 10.1. The maximum atomic E-state index is 8.89. The van der Waals surface area contributed by atoms with Gasteiger partial charge in [0.15, 0.2) is 0 Å². The predicted octanol–water partition coefficient (Wildman–Crippen LogP) is 2.56. The maximum Gasteiger partial charge on any atom is 0.143 e. The predicted molar refractivity (Wildman–Crippen MR) is 38.9 cm³/mol. The quantitative estimate of drug-likeness (QED) is 0.547. The molecule has 1 nitrogen and oxygen atoms in total. The highest BCUT2D eigenvalue weighted by molar-refractivity contribution is 6.50. The van der Waals surface area contributed by atoms with Crippen LogP contribution in [0.4, 0.5) is 0 Å². The summed E-state index contributed by atoms with van der Waals surface area (Å²) in [5.74, 6) is 0.225. The van der Waals surface area contributed by atoms with Crippen molar-refractivity contribution in [3.63, 3.8) is 0 Å². The van der Waals surface area contributed by atoms with Crippen molar-refractivity contribution in [3.8, 4) is 0 Å². The Labute approximate surface area is 63.6 Å². The smallest absolute Gasteiger partial charge is 0.143 e. The SMILES string of the molecule is OC1=CC=CC(Cl)(Cl)C1. The Morgan fingerprint density at radius 2 is 2.22 bits per heavy atom. The molecule has 0 bridgehead atoms. The van der Waals surface area contributed by atoms with Crippen LogP contribution < -0.4 is 0 Å². The summed E-state index contributed by atoms with van der Waals surface area (Å²) in [4.78, 5) is 0. The fourth-order valence-corrected chi connectivity index (χ4v) is 1.08. The fraction of sp³-hybridized carbons (Fsp3) is 0.333. The van der Waals surface area contributed by atoms with Gasteiger partial charge in [-0.05, 0) is 12.2 Å². The molecule has 1 aliphatic carbocycles. The molecule has 0 aromatic carbocycles. The molecule has 1 rings (SSSR count). The lowest BCUT2D eigenvalue weighted by Gasteiger charge is -2.16. The van der Waals surface area contributed by atoms with Crippen molar-refractivity contribution in [2.24, 2.45) is 0 Å². The van der Waals surface area contributed by atoms with Crippen molar-refractivity contribution in [1.82, 2.24) is 0 Å². The zero-order valence-corrected chi connectivity index (χ0v) is 6.15. The largest absolute Gasteiger partial charge is 0.512 e. The summed E-state index contributed by atoms with van der Waals surface area (Å²) in [6, 6.07) is 0. The zero-order chi connectivity index (χ0) is 6.91. The summed E-state index contributed by atoms with van der Waals surface area (Å²) in [7, 11) is 0. The molecule has 0 atom stereocenters. The lowest BCUT2D eigenvalue weighted by molar-refractivity contribution is 0.384. The van der Waals surface area contributed by atoms with E-state index in [1.807, 2.05) is 0 Å². The molecule has 1 N–H and O–H groups in total. The molecule has 0 saturated heterocycles. The Kier molecular flexibility index (Phi) is 1.73. The van der Waals surface area contributed by atoms with Crippen LogP contribution in [0, 0.1) is 0 Å². The first-order valence-electron chi connectivity index (χ1n) is 2.55. The number of aliphatic hydroxyl groups is 1. The third-order valence-corrected chi connectivity index (χ3v) is 1.56. The number of rotatable bonds is 0. The van der Waals surface area contributed by atoms with Gasteiger partial charge < -0.3 is 5.11 Å². The van der Waals surface area contributed by atoms with E-state index in [-0.39, 0.29) is 5.76 Å². The first kappa shape index (κ1) is 6.97. The van der Waals surface area contributed by atoms with Crippen LogP contribution in [0.3, 0.4) is 0 Å². The minimum Gasteiger partial charge on any atom is -0.512 e. The normalized spacial score (nSPS) is 23.6. The zero-order valence-electron chi connectivity index (χ0n) is 4.64. The van der Waals surface area contributed by atoms with Crippen molar-refractivity contribution in [2.75, 3.05) is 0 Å². The molecule has 9 heavy (non-hydrogen) atoms. The van der Waals surface area contributed by atoms with E-state index in [0.29, 0.717) is 6.42 Å². The van der Waals surface area contributed by atoms with Crippen LogP contribution in [0.15, 0.2) is 24.0 Å². The van der Waals surface area contributed by atoms with Crippen LogP contribution in [-0.2, 0) is 0 Å². The third-order valence-electron chi connectivity index (χ3n) is 1.05. The summed E-state index contributed by atoms with van der Waals surface area (Å²) in [5.41, 5.74) is 0. The van der Waals surface area contributed by atoms with Gasteiger partial charge in [-0.25, -0.2) is 0 Å². The first-order valence-corrected chi connectivity index (χ1v) is 3.31. The Morgan fingerprint density at radius 1 is 1.56 bits per heavy atom. The van der Waals surface area contributed by atoms with E-state index in [0.717, 1.165) is 0 Å². The van der Waals surface area contributed by atoms with E-state index in [4.69, 9.17) is 28.3 Å². The van der Waals surface area contributed by atoms with Gasteiger partial charge in [0.25, 0.3) is 0 Å². The van der Waals surface area contributed by atoms with Gasteiger partial charge in [-0.1, -0.05) is 29.3 Å². The Morgan fingerprint density at radius 3 is 2.56 bits per heavy atom. The molecule has 0 aliphatic heterocycles. The van der Waals surface area contributed by atoms with Crippen molar-refractivity contribution in [1.29, 1.82) is 0 Å². The molecule has 0 heterocycles. The minimum absolute atomic E-state index is 0.225. The number of alkyl halides is 2. The van der Waals surface area contributed by atoms with E-state index in [1.54, 1.807) is 18.2 Å². The summed E-state index contributed by atoms with van der Waals surface area (Å²) in [5, 5.41) is 8.89. The van der Waals surface area contributed by atoms with E-state index in [9.17, 15) is 0 Å². The molecule has 0 fully saturated rings. The van der Waals surface area contributed by atoms with Crippen molar-refractivity contribution < 1.29 is 5.11 Å². The molecule has 0 aromatic rings. The molecule has 0 saturated carbocycles. The Hall–Kier alpha value is -0.140. The number of hydrogen-bond donors (Lipinski definition) is 1. The fourth-order valence-electron chi connectivity index (χ4n) is 0.659. The van der Waals surface area contributed by atoms with Crippen LogP contribution in [0.1, 0.15) is 6.42 Å². The van der Waals surface area contributed by atoms with Gasteiger partial charge >= 0.3 is 0 Å². The monoisotopic (exact) mass is 164 g/mol. The van der Waals surface area contributed by atoms with Crippen molar-refractivity contribution in [2.45, 2.75) is 10.8 Å². The number of hydrogen-bond acceptors (Lipinski definition) is 1. The average molecular weight is 165 g/mol. The van der Waals surface area contributed by atoms with Gasteiger partial charge in [-0.15, -0.1) is 0 Å². The van der Waals surface area contributed by atoms with Crippen LogP contribution >= 0.6 is 23.2 Å². The van der Waals surface area contributed by atoms with Gasteiger partial charge in [0.2, 0.25) is 0 Å². The number of halogens is 2. The third kappa shape index (κ3) is 1.92. The first-order chi connectivity index (χ1) is 4.10. The summed E-state index contributed by atoms with van der Waals surface area (Å²) in [6.07, 6.45) is 5.14. The second kappa shape index (κ2) is 2.24. The molecule has 0 radical (unpaired) electrons. The molecule has 1 aliphatic rings. The molecule has 0 spiro atoms. The highest BCUT2D eigenvalue weighted by Crippen LogP contribution is 2.32. The van der Waals surface area contributed by atoms with E-state index < -0.39 is 4.33 Å². The number of allylic oxidation sites excluding steroid dienone is 4. The Balaban J connectivity index is 2.73. The molecule has 0 aromatic heterocycles. The van der Waals surface area contributed by atoms with Gasteiger partial charge in [0.1, 0.15) is 4.33 Å². The van der Waals surface area contributed by atoms with Gasteiger partial charge in [0, 0.05) is 6.42 Å². The van der Waals surface area contributed by atoms with Gasteiger partial charge in [0.05, 0.1) is 5.76 Å². The van der Waals surface area contributed by atoms with Gasteiger partial charge in [-0.2, -0.15) is 0 Å². The molecular formula is C6H6Cl2O. The van der Waals surface area contributed by atoms with Crippen LogP contribution in [0.5, 0.6) is 0 Å². The molecule has 3 heteroatoms. The van der Waals surface area contributed by atoms with Crippen LogP contribution in [-0.4, -0.2) is 9.44 Å².